The zero-order valence-electron chi connectivity index (χ0n) is 13.6. The summed E-state index contributed by atoms with van der Waals surface area (Å²) in [5.74, 6) is 0. The molecule has 0 bridgehead atoms. The van der Waals surface area contributed by atoms with E-state index in [0.29, 0.717) is 32.9 Å². The first-order chi connectivity index (χ1) is 10.4. The van der Waals surface area contributed by atoms with Gasteiger partial charge < -0.3 is 19.1 Å². The third kappa shape index (κ3) is 5.66. The number of benzene rings is 1. The zero-order valence-corrected chi connectivity index (χ0v) is 13.6. The van der Waals surface area contributed by atoms with Crippen molar-refractivity contribution in [2.45, 2.75) is 39.1 Å². The van der Waals surface area contributed by atoms with Crippen LogP contribution in [0.25, 0.3) is 0 Å². The monoisotopic (exact) mass is 307 g/mol. The summed E-state index contributed by atoms with van der Waals surface area (Å²) in [6, 6.07) is 10.00. The number of morpholine rings is 1. The van der Waals surface area contributed by atoms with Crippen LogP contribution in [0.3, 0.4) is 0 Å². The second kappa shape index (κ2) is 7.61. The summed E-state index contributed by atoms with van der Waals surface area (Å²) in [7, 11) is 0. The highest BCUT2D eigenvalue weighted by Gasteiger charge is 2.28. The van der Waals surface area contributed by atoms with Gasteiger partial charge in [-0.3, -0.25) is 0 Å². The fourth-order valence-corrected chi connectivity index (χ4v) is 2.19. The number of carbonyl (C=O) groups excluding carboxylic acids is 1. The average Bonchev–Trinajstić information content (AvgIpc) is 2.47. The van der Waals surface area contributed by atoms with Crippen LogP contribution in [0.4, 0.5) is 4.79 Å². The first-order valence-electron chi connectivity index (χ1n) is 7.65. The Balaban J connectivity index is 1.75. The Morgan fingerprint density at radius 3 is 2.73 bits per heavy atom. The predicted octanol–water partition coefficient (Wildman–Crippen LogP) is 2.84. The molecule has 5 nitrogen and oxygen atoms in total. The molecule has 1 saturated heterocycles. The molecule has 22 heavy (non-hydrogen) atoms. The van der Waals surface area contributed by atoms with Crippen LogP contribution < -0.4 is 0 Å². The number of hydrogen-bond donors (Lipinski definition) is 0. The summed E-state index contributed by atoms with van der Waals surface area (Å²) in [6.07, 6.45) is -0.395. The van der Waals surface area contributed by atoms with Crippen LogP contribution in [0.2, 0.25) is 0 Å². The van der Waals surface area contributed by atoms with Gasteiger partial charge in [-0.05, 0) is 26.3 Å². The Hall–Kier alpha value is -1.59. The summed E-state index contributed by atoms with van der Waals surface area (Å²) in [5.41, 5.74) is 0.650. The maximum Gasteiger partial charge on any atom is 0.410 e. The maximum atomic E-state index is 12.1. The zero-order chi connectivity index (χ0) is 16.0. The van der Waals surface area contributed by atoms with Gasteiger partial charge in [-0.25, -0.2) is 4.79 Å². The second-order valence-corrected chi connectivity index (χ2v) is 6.42. The van der Waals surface area contributed by atoms with E-state index in [1.807, 2.05) is 51.1 Å². The van der Waals surface area contributed by atoms with E-state index in [2.05, 4.69) is 0 Å². The molecule has 0 N–H and O–H groups in total. The van der Waals surface area contributed by atoms with Gasteiger partial charge in [0.1, 0.15) is 5.60 Å². The van der Waals surface area contributed by atoms with E-state index < -0.39 is 5.60 Å². The van der Waals surface area contributed by atoms with Crippen molar-refractivity contribution >= 4 is 6.09 Å². The lowest BCUT2D eigenvalue weighted by atomic mass is 10.2. The Morgan fingerprint density at radius 1 is 1.32 bits per heavy atom. The van der Waals surface area contributed by atoms with Crippen molar-refractivity contribution < 1.29 is 19.0 Å². The molecule has 1 aliphatic heterocycles. The quantitative estimate of drug-likeness (QED) is 0.858. The molecule has 0 radical (unpaired) electrons. The van der Waals surface area contributed by atoms with Gasteiger partial charge in [-0.2, -0.15) is 0 Å². The van der Waals surface area contributed by atoms with Crippen LogP contribution in [0, 0.1) is 0 Å². The molecule has 5 heteroatoms. The number of hydrogen-bond acceptors (Lipinski definition) is 4. The fraction of sp³-hybridized carbons (Fsp3) is 0.588. The molecule has 1 aromatic carbocycles. The summed E-state index contributed by atoms with van der Waals surface area (Å²) in [6.45, 7) is 8.19. The highest BCUT2D eigenvalue weighted by atomic mass is 16.6. The molecular weight excluding hydrogens is 282 g/mol. The van der Waals surface area contributed by atoms with Gasteiger partial charge in [-0.1, -0.05) is 30.3 Å². The first-order valence-corrected chi connectivity index (χ1v) is 7.65. The van der Waals surface area contributed by atoms with E-state index in [4.69, 9.17) is 14.2 Å². The van der Waals surface area contributed by atoms with Crippen LogP contribution >= 0.6 is 0 Å². The van der Waals surface area contributed by atoms with Crippen LogP contribution in [-0.4, -0.2) is 49.0 Å². The normalized spacial score (nSPS) is 19.0. The van der Waals surface area contributed by atoms with E-state index in [1.165, 1.54) is 0 Å². The molecule has 1 aromatic rings. The molecule has 2 rings (SSSR count). The highest BCUT2D eigenvalue weighted by molar-refractivity contribution is 5.68. The molecule has 1 amide bonds. The van der Waals surface area contributed by atoms with Gasteiger partial charge in [0.25, 0.3) is 0 Å². The minimum Gasteiger partial charge on any atom is -0.444 e. The Kier molecular flexibility index (Phi) is 5.80. The molecular formula is C17H25NO4. The van der Waals surface area contributed by atoms with E-state index in [9.17, 15) is 4.79 Å². The number of rotatable bonds is 4. The van der Waals surface area contributed by atoms with Crippen molar-refractivity contribution in [3.05, 3.63) is 35.9 Å². The van der Waals surface area contributed by atoms with Gasteiger partial charge in [0.05, 0.1) is 32.5 Å². The molecule has 1 fully saturated rings. The summed E-state index contributed by atoms with van der Waals surface area (Å²) in [5, 5.41) is 0. The van der Waals surface area contributed by atoms with Crippen molar-refractivity contribution in [1.29, 1.82) is 0 Å². The van der Waals surface area contributed by atoms with E-state index >= 15 is 0 Å². The second-order valence-electron chi connectivity index (χ2n) is 6.42. The largest absolute Gasteiger partial charge is 0.444 e. The molecule has 1 atom stereocenters. The molecule has 1 aliphatic rings. The van der Waals surface area contributed by atoms with Crippen molar-refractivity contribution in [1.82, 2.24) is 4.90 Å². The number of amides is 1. The van der Waals surface area contributed by atoms with Crippen molar-refractivity contribution in [2.24, 2.45) is 0 Å². The molecule has 0 aliphatic carbocycles. The van der Waals surface area contributed by atoms with Crippen molar-refractivity contribution in [2.75, 3.05) is 26.3 Å². The standard InChI is InChI=1S/C17H25NO4/c1-17(2,3)22-16(19)18-9-10-21-15(11-18)13-20-12-14-7-5-4-6-8-14/h4-8,15H,9-13H2,1-3H3. The Morgan fingerprint density at radius 2 is 2.05 bits per heavy atom. The lowest BCUT2D eigenvalue weighted by Crippen LogP contribution is -2.48. The van der Waals surface area contributed by atoms with Gasteiger partial charge in [0.15, 0.2) is 0 Å². The minimum absolute atomic E-state index is 0.106. The average molecular weight is 307 g/mol. The summed E-state index contributed by atoms with van der Waals surface area (Å²) in [4.78, 5) is 13.7. The molecule has 0 saturated carbocycles. The topological polar surface area (TPSA) is 48.0 Å². The lowest BCUT2D eigenvalue weighted by molar-refractivity contribution is -0.0750. The maximum absolute atomic E-state index is 12.1. The van der Waals surface area contributed by atoms with E-state index in [0.717, 1.165) is 5.56 Å². The third-order valence-corrected chi connectivity index (χ3v) is 3.21. The van der Waals surface area contributed by atoms with Crippen LogP contribution in [0.5, 0.6) is 0 Å². The first kappa shape index (κ1) is 16.8. The molecule has 1 unspecified atom stereocenters. The van der Waals surface area contributed by atoms with Crippen LogP contribution in [-0.2, 0) is 20.8 Å². The lowest BCUT2D eigenvalue weighted by Gasteiger charge is -2.34. The van der Waals surface area contributed by atoms with Crippen LogP contribution in [0.15, 0.2) is 30.3 Å². The SMILES string of the molecule is CC(C)(C)OC(=O)N1CCOC(COCc2ccccc2)C1. The molecule has 122 valence electrons. The smallest absolute Gasteiger partial charge is 0.410 e. The number of nitrogens with zero attached hydrogens (tertiary/aromatic N) is 1. The van der Waals surface area contributed by atoms with Gasteiger partial charge >= 0.3 is 6.09 Å². The Labute approximate surface area is 132 Å². The van der Waals surface area contributed by atoms with Crippen molar-refractivity contribution in [3.8, 4) is 0 Å². The van der Waals surface area contributed by atoms with Crippen molar-refractivity contribution in [3.63, 3.8) is 0 Å². The summed E-state index contributed by atoms with van der Waals surface area (Å²) < 4.78 is 16.7. The predicted molar refractivity (Wildman–Crippen MR) is 83.6 cm³/mol. The van der Waals surface area contributed by atoms with Gasteiger partial charge in [0.2, 0.25) is 0 Å². The van der Waals surface area contributed by atoms with E-state index in [-0.39, 0.29) is 12.2 Å². The summed E-state index contributed by atoms with van der Waals surface area (Å²) >= 11 is 0. The molecule has 1 heterocycles. The van der Waals surface area contributed by atoms with Crippen LogP contribution in [0.1, 0.15) is 26.3 Å². The minimum atomic E-state index is -0.477. The van der Waals surface area contributed by atoms with E-state index in [1.54, 1.807) is 4.90 Å². The molecule has 0 spiro atoms. The fourth-order valence-electron chi connectivity index (χ4n) is 2.19. The molecule has 0 aromatic heterocycles. The Bertz CT molecular complexity index is 469. The van der Waals surface area contributed by atoms with Gasteiger partial charge in [-0.15, -0.1) is 0 Å². The number of ether oxygens (including phenoxy) is 3. The number of carbonyl (C=O) groups is 1. The highest BCUT2D eigenvalue weighted by Crippen LogP contribution is 2.13. The third-order valence-electron chi connectivity index (χ3n) is 3.21. The van der Waals surface area contributed by atoms with Gasteiger partial charge in [0, 0.05) is 6.54 Å².